The van der Waals surface area contributed by atoms with Crippen LogP contribution in [0.2, 0.25) is 10.0 Å². The third-order valence-electron chi connectivity index (χ3n) is 2.99. The fourth-order valence-corrected chi connectivity index (χ4v) is 2.23. The van der Waals surface area contributed by atoms with Crippen molar-refractivity contribution in [3.05, 3.63) is 57.6 Å². The quantitative estimate of drug-likeness (QED) is 0.653. The third-order valence-corrected chi connectivity index (χ3v) is 3.52. The number of hydrogen-bond donors (Lipinski definition) is 1. The molecule has 23 heavy (non-hydrogen) atoms. The van der Waals surface area contributed by atoms with E-state index in [1.165, 1.54) is 37.4 Å². The third kappa shape index (κ3) is 4.15. The number of hydrogen-bond acceptors (Lipinski definition) is 5. The van der Waals surface area contributed by atoms with Crippen LogP contribution >= 0.6 is 23.2 Å². The number of carbonyl (C=O) groups is 2. The Hall–Kier alpha value is -2.24. The Bertz CT molecular complexity index is 758. The monoisotopic (exact) mass is 354 g/mol. The number of Topliss-reactive ketones (excluding diaryl/α,β-unsaturated/α-hetero) is 1. The first-order chi connectivity index (χ1) is 10.9. The number of esters is 1. The van der Waals surface area contributed by atoms with Crippen LogP contribution in [-0.2, 0) is 4.74 Å². The van der Waals surface area contributed by atoms with Crippen molar-refractivity contribution in [2.24, 2.45) is 0 Å². The summed E-state index contributed by atoms with van der Waals surface area (Å²) in [4.78, 5) is 23.9. The number of rotatable bonds is 5. The van der Waals surface area contributed by atoms with E-state index in [1.54, 1.807) is 6.07 Å². The number of halogens is 2. The molecule has 0 aliphatic heterocycles. The van der Waals surface area contributed by atoms with Gasteiger partial charge in [0.05, 0.1) is 12.1 Å². The maximum Gasteiger partial charge on any atom is 0.342 e. The van der Waals surface area contributed by atoms with Gasteiger partial charge in [-0.3, -0.25) is 4.79 Å². The Morgan fingerprint density at radius 1 is 1.13 bits per heavy atom. The first-order valence-electron chi connectivity index (χ1n) is 6.44. The first-order valence-corrected chi connectivity index (χ1v) is 7.20. The second kappa shape index (κ2) is 7.35. The van der Waals surface area contributed by atoms with Gasteiger partial charge in [-0.1, -0.05) is 23.2 Å². The van der Waals surface area contributed by atoms with Gasteiger partial charge in [-0.2, -0.15) is 0 Å². The molecule has 0 aliphatic carbocycles. The van der Waals surface area contributed by atoms with Crippen molar-refractivity contribution in [3.8, 4) is 11.5 Å². The van der Waals surface area contributed by atoms with Crippen LogP contribution in [0.5, 0.6) is 11.5 Å². The van der Waals surface area contributed by atoms with E-state index in [-0.39, 0.29) is 26.9 Å². The summed E-state index contributed by atoms with van der Waals surface area (Å²) in [5.74, 6) is -1.13. The molecule has 0 unspecified atom stereocenters. The van der Waals surface area contributed by atoms with Crippen LogP contribution in [-0.4, -0.2) is 30.6 Å². The molecule has 7 heteroatoms. The van der Waals surface area contributed by atoms with Crippen LogP contribution in [0.3, 0.4) is 0 Å². The lowest BCUT2D eigenvalue weighted by molar-refractivity contribution is 0.0472. The number of ether oxygens (including phenoxy) is 2. The van der Waals surface area contributed by atoms with E-state index >= 15 is 0 Å². The van der Waals surface area contributed by atoms with E-state index < -0.39 is 18.4 Å². The lowest BCUT2D eigenvalue weighted by Gasteiger charge is -2.08. The van der Waals surface area contributed by atoms with Gasteiger partial charge in [0.1, 0.15) is 17.1 Å². The summed E-state index contributed by atoms with van der Waals surface area (Å²) in [5, 5.41) is 10.1. The van der Waals surface area contributed by atoms with Crippen molar-refractivity contribution in [2.75, 3.05) is 13.7 Å². The van der Waals surface area contributed by atoms with Crippen molar-refractivity contribution in [3.63, 3.8) is 0 Å². The zero-order valence-electron chi connectivity index (χ0n) is 12.0. The van der Waals surface area contributed by atoms with Gasteiger partial charge in [0.15, 0.2) is 12.4 Å². The molecule has 0 atom stereocenters. The predicted molar refractivity (Wildman–Crippen MR) is 85.7 cm³/mol. The van der Waals surface area contributed by atoms with Gasteiger partial charge in [0, 0.05) is 10.6 Å². The summed E-state index contributed by atoms with van der Waals surface area (Å²) in [7, 11) is 1.46. The maximum absolute atomic E-state index is 12.0. The van der Waals surface area contributed by atoms with Crippen molar-refractivity contribution in [2.45, 2.75) is 0 Å². The van der Waals surface area contributed by atoms with Crippen molar-refractivity contribution in [1.82, 2.24) is 0 Å². The summed E-state index contributed by atoms with van der Waals surface area (Å²) in [5.41, 5.74) is 0.164. The molecule has 5 nitrogen and oxygen atoms in total. The molecular formula is C16H12Cl2O5. The molecule has 0 saturated heterocycles. The van der Waals surface area contributed by atoms with Crippen LogP contribution in [0.1, 0.15) is 20.7 Å². The molecule has 1 N–H and O–H groups in total. The molecule has 120 valence electrons. The summed E-state index contributed by atoms with van der Waals surface area (Å²) in [6.45, 7) is -0.493. The minimum absolute atomic E-state index is 0.113. The Morgan fingerprint density at radius 2 is 1.87 bits per heavy atom. The molecule has 0 aromatic heterocycles. The van der Waals surface area contributed by atoms with Crippen LogP contribution < -0.4 is 4.74 Å². The zero-order valence-corrected chi connectivity index (χ0v) is 13.5. The molecule has 0 heterocycles. The number of ketones is 1. The van der Waals surface area contributed by atoms with Crippen LogP contribution in [0.25, 0.3) is 0 Å². The van der Waals surface area contributed by atoms with Crippen LogP contribution in [0, 0.1) is 0 Å². The van der Waals surface area contributed by atoms with Crippen LogP contribution in [0.15, 0.2) is 36.4 Å². The highest BCUT2D eigenvalue weighted by Gasteiger charge is 2.16. The van der Waals surface area contributed by atoms with Gasteiger partial charge >= 0.3 is 5.97 Å². The Kier molecular flexibility index (Phi) is 5.47. The van der Waals surface area contributed by atoms with Crippen LogP contribution in [0.4, 0.5) is 0 Å². The highest BCUT2D eigenvalue weighted by atomic mass is 35.5. The lowest BCUT2D eigenvalue weighted by Crippen LogP contribution is -2.14. The Labute approximate surface area is 142 Å². The molecule has 0 fully saturated rings. The summed E-state index contributed by atoms with van der Waals surface area (Å²) in [6, 6.07) is 8.43. The van der Waals surface area contributed by atoms with Crippen molar-refractivity contribution in [1.29, 1.82) is 0 Å². The molecule has 0 saturated carbocycles. The zero-order chi connectivity index (χ0) is 17.0. The summed E-state index contributed by atoms with van der Waals surface area (Å²) < 4.78 is 9.89. The van der Waals surface area contributed by atoms with E-state index in [1.807, 2.05) is 0 Å². The number of carbonyl (C=O) groups excluding carboxylic acids is 2. The number of phenolic OH excluding ortho intramolecular Hbond substituents is 1. The SMILES string of the molecule is COc1ccc(C(=O)COC(=O)c2cc(Cl)ccc2O)cc1Cl. The largest absolute Gasteiger partial charge is 0.507 e. The second-order valence-electron chi connectivity index (χ2n) is 4.51. The van der Waals surface area contributed by atoms with Gasteiger partial charge in [-0.15, -0.1) is 0 Å². The number of benzene rings is 2. The predicted octanol–water partition coefficient (Wildman–Crippen LogP) is 3.75. The molecule has 2 aromatic carbocycles. The van der Waals surface area contributed by atoms with E-state index in [0.29, 0.717) is 5.75 Å². The molecule has 0 spiro atoms. The van der Waals surface area contributed by atoms with Gasteiger partial charge < -0.3 is 14.6 Å². The standard InChI is InChI=1S/C16H12Cl2O5/c1-22-15-5-2-9(6-12(15)18)14(20)8-23-16(21)11-7-10(17)3-4-13(11)19/h2-7,19H,8H2,1H3. The Balaban J connectivity index is 2.05. The van der Waals surface area contributed by atoms with E-state index in [2.05, 4.69) is 0 Å². The molecule has 0 bridgehead atoms. The maximum atomic E-state index is 12.0. The fraction of sp³-hybridized carbons (Fsp3) is 0.125. The summed E-state index contributed by atoms with van der Waals surface area (Å²) in [6.07, 6.45) is 0. The highest BCUT2D eigenvalue weighted by Crippen LogP contribution is 2.25. The van der Waals surface area contributed by atoms with E-state index in [9.17, 15) is 14.7 Å². The molecular weight excluding hydrogens is 343 g/mol. The highest BCUT2D eigenvalue weighted by molar-refractivity contribution is 6.32. The average Bonchev–Trinajstić information content (AvgIpc) is 2.54. The minimum Gasteiger partial charge on any atom is -0.507 e. The molecule has 2 rings (SSSR count). The molecule has 0 radical (unpaired) electrons. The number of phenols is 1. The van der Waals surface area contributed by atoms with Gasteiger partial charge in [-0.25, -0.2) is 4.79 Å². The summed E-state index contributed by atoms with van der Waals surface area (Å²) >= 11 is 11.7. The fourth-order valence-electron chi connectivity index (χ4n) is 1.80. The van der Waals surface area contributed by atoms with Gasteiger partial charge in [0.25, 0.3) is 0 Å². The minimum atomic E-state index is -0.849. The number of aromatic hydroxyl groups is 1. The van der Waals surface area contributed by atoms with Gasteiger partial charge in [-0.05, 0) is 36.4 Å². The van der Waals surface area contributed by atoms with E-state index in [4.69, 9.17) is 32.7 Å². The first kappa shape index (κ1) is 17.1. The lowest BCUT2D eigenvalue weighted by atomic mass is 10.1. The molecule has 0 amide bonds. The van der Waals surface area contributed by atoms with Crippen molar-refractivity contribution < 1.29 is 24.2 Å². The molecule has 2 aromatic rings. The van der Waals surface area contributed by atoms with Gasteiger partial charge in [0.2, 0.25) is 0 Å². The topological polar surface area (TPSA) is 72.8 Å². The normalized spacial score (nSPS) is 10.2. The molecule has 0 aliphatic rings. The number of methoxy groups -OCH3 is 1. The van der Waals surface area contributed by atoms with E-state index in [0.717, 1.165) is 0 Å². The van der Waals surface area contributed by atoms with Crippen molar-refractivity contribution >= 4 is 35.0 Å². The Morgan fingerprint density at radius 3 is 2.52 bits per heavy atom. The smallest absolute Gasteiger partial charge is 0.342 e. The second-order valence-corrected chi connectivity index (χ2v) is 5.35. The average molecular weight is 355 g/mol.